The van der Waals surface area contributed by atoms with Crippen LogP contribution in [0.3, 0.4) is 0 Å². The zero-order valence-corrected chi connectivity index (χ0v) is 12.8. The first-order valence-electron chi connectivity index (χ1n) is 7.98. The highest BCUT2D eigenvalue weighted by Gasteiger charge is 2.35. The van der Waals surface area contributed by atoms with Gasteiger partial charge in [0.2, 0.25) is 0 Å². The molecule has 0 aromatic rings. The molecule has 18 heavy (non-hydrogen) atoms. The third-order valence-electron chi connectivity index (χ3n) is 4.78. The van der Waals surface area contributed by atoms with Crippen LogP contribution < -0.4 is 5.32 Å². The van der Waals surface area contributed by atoms with Crippen LogP contribution in [0.25, 0.3) is 0 Å². The maximum Gasteiger partial charge on any atom is 0.0195 e. The summed E-state index contributed by atoms with van der Waals surface area (Å²) < 4.78 is 0. The molecule has 2 rings (SSSR count). The summed E-state index contributed by atoms with van der Waals surface area (Å²) in [5.41, 5.74) is 0.247. The molecule has 1 aliphatic heterocycles. The first kappa shape index (κ1) is 14.3. The molecule has 0 bridgehead atoms. The van der Waals surface area contributed by atoms with E-state index in [1.165, 1.54) is 45.1 Å². The summed E-state index contributed by atoms with van der Waals surface area (Å²) >= 11 is 0. The van der Waals surface area contributed by atoms with Gasteiger partial charge in [0.1, 0.15) is 0 Å². The van der Waals surface area contributed by atoms with Crippen molar-refractivity contribution >= 4 is 0 Å². The summed E-state index contributed by atoms with van der Waals surface area (Å²) in [6, 6.07) is 1.58. The molecule has 0 amide bonds. The van der Waals surface area contributed by atoms with Gasteiger partial charge in [-0.3, -0.25) is 4.90 Å². The highest BCUT2D eigenvalue weighted by molar-refractivity contribution is 4.90. The van der Waals surface area contributed by atoms with E-state index in [0.717, 1.165) is 18.5 Å². The molecule has 2 unspecified atom stereocenters. The Morgan fingerprint density at radius 3 is 2.39 bits per heavy atom. The Kier molecular flexibility index (Phi) is 4.71. The number of hydrogen-bond acceptors (Lipinski definition) is 2. The molecule has 2 fully saturated rings. The minimum atomic E-state index is 0.247. The van der Waals surface area contributed by atoms with Crippen molar-refractivity contribution in [2.45, 2.75) is 83.8 Å². The molecule has 0 aromatic heterocycles. The van der Waals surface area contributed by atoms with Gasteiger partial charge < -0.3 is 5.32 Å². The van der Waals surface area contributed by atoms with Crippen molar-refractivity contribution in [2.24, 2.45) is 5.92 Å². The fourth-order valence-electron chi connectivity index (χ4n) is 3.78. The second kappa shape index (κ2) is 5.92. The summed E-state index contributed by atoms with van der Waals surface area (Å²) in [5.74, 6) is 1.00. The van der Waals surface area contributed by atoms with Gasteiger partial charge in [0, 0.05) is 24.2 Å². The van der Waals surface area contributed by atoms with Gasteiger partial charge in [-0.1, -0.05) is 12.8 Å². The maximum absolute atomic E-state index is 3.67. The van der Waals surface area contributed by atoms with Gasteiger partial charge in [0.15, 0.2) is 0 Å². The summed E-state index contributed by atoms with van der Waals surface area (Å²) in [6.45, 7) is 11.7. The van der Waals surface area contributed by atoms with Crippen molar-refractivity contribution in [1.29, 1.82) is 0 Å². The molecule has 1 heterocycles. The third-order valence-corrected chi connectivity index (χ3v) is 4.78. The summed E-state index contributed by atoms with van der Waals surface area (Å²) in [5, 5.41) is 3.67. The fourth-order valence-corrected chi connectivity index (χ4v) is 3.78. The summed E-state index contributed by atoms with van der Waals surface area (Å²) in [7, 11) is 0. The molecular formula is C16H32N2. The number of likely N-dealkylation sites (tertiary alicyclic amines) is 1. The van der Waals surface area contributed by atoms with E-state index in [4.69, 9.17) is 0 Å². The first-order chi connectivity index (χ1) is 8.47. The van der Waals surface area contributed by atoms with Crippen LogP contribution in [-0.4, -0.2) is 35.6 Å². The number of nitrogens with one attached hydrogen (secondary N) is 1. The van der Waals surface area contributed by atoms with Crippen LogP contribution in [0.2, 0.25) is 0 Å². The topological polar surface area (TPSA) is 15.3 Å². The Hall–Kier alpha value is -0.0800. The molecule has 0 radical (unpaired) electrons. The molecule has 106 valence electrons. The van der Waals surface area contributed by atoms with E-state index in [-0.39, 0.29) is 5.54 Å². The molecular weight excluding hydrogens is 220 g/mol. The van der Waals surface area contributed by atoms with Gasteiger partial charge >= 0.3 is 0 Å². The summed E-state index contributed by atoms with van der Waals surface area (Å²) in [6.07, 6.45) is 8.79. The van der Waals surface area contributed by atoms with Gasteiger partial charge in [0.05, 0.1) is 0 Å². The van der Waals surface area contributed by atoms with Crippen molar-refractivity contribution in [1.82, 2.24) is 10.2 Å². The third kappa shape index (κ3) is 3.71. The van der Waals surface area contributed by atoms with Crippen molar-refractivity contribution in [3.8, 4) is 0 Å². The van der Waals surface area contributed by atoms with E-state index in [2.05, 4.69) is 37.9 Å². The van der Waals surface area contributed by atoms with Gasteiger partial charge in [-0.15, -0.1) is 0 Å². The molecule has 0 aromatic carbocycles. The average Bonchev–Trinajstić information content (AvgIpc) is 2.94. The summed E-state index contributed by atoms with van der Waals surface area (Å²) in [4.78, 5) is 2.80. The monoisotopic (exact) mass is 252 g/mol. The van der Waals surface area contributed by atoms with Crippen molar-refractivity contribution < 1.29 is 0 Å². The van der Waals surface area contributed by atoms with E-state index >= 15 is 0 Å². The van der Waals surface area contributed by atoms with Crippen LogP contribution in [0.15, 0.2) is 0 Å². The Morgan fingerprint density at radius 2 is 1.78 bits per heavy atom. The molecule has 2 aliphatic rings. The maximum atomic E-state index is 3.67. The SMILES string of the molecule is CC(CNC(C)(C)C)N1CCCC1C1CCCC1. The lowest BCUT2D eigenvalue weighted by Crippen LogP contribution is -2.49. The molecule has 2 atom stereocenters. The van der Waals surface area contributed by atoms with Crippen molar-refractivity contribution in [2.75, 3.05) is 13.1 Å². The Balaban J connectivity index is 1.85. The number of hydrogen-bond donors (Lipinski definition) is 1. The molecule has 1 aliphatic carbocycles. The number of rotatable bonds is 4. The number of nitrogens with zero attached hydrogens (tertiary/aromatic N) is 1. The predicted molar refractivity (Wildman–Crippen MR) is 78.9 cm³/mol. The standard InChI is InChI=1S/C16H32N2/c1-13(12-17-16(2,3)4)18-11-7-10-15(18)14-8-5-6-9-14/h13-15,17H,5-12H2,1-4H3. The largest absolute Gasteiger partial charge is 0.311 e. The smallest absolute Gasteiger partial charge is 0.0195 e. The van der Waals surface area contributed by atoms with Crippen LogP contribution in [0.1, 0.15) is 66.2 Å². The normalized spacial score (nSPS) is 29.0. The molecule has 1 N–H and O–H groups in total. The Labute approximate surface area is 114 Å². The minimum absolute atomic E-state index is 0.247. The predicted octanol–water partition coefficient (Wildman–Crippen LogP) is 3.42. The first-order valence-corrected chi connectivity index (χ1v) is 7.98. The van der Waals surface area contributed by atoms with Crippen LogP contribution in [-0.2, 0) is 0 Å². The quantitative estimate of drug-likeness (QED) is 0.825. The zero-order valence-electron chi connectivity index (χ0n) is 12.8. The second-order valence-electron chi connectivity index (χ2n) is 7.47. The highest BCUT2D eigenvalue weighted by atomic mass is 15.2. The second-order valence-corrected chi connectivity index (χ2v) is 7.47. The fraction of sp³-hybridized carbons (Fsp3) is 1.00. The van der Waals surface area contributed by atoms with Gasteiger partial charge in [-0.2, -0.15) is 0 Å². The molecule has 2 nitrogen and oxygen atoms in total. The lowest BCUT2D eigenvalue weighted by atomic mass is 9.95. The van der Waals surface area contributed by atoms with Crippen molar-refractivity contribution in [3.63, 3.8) is 0 Å². The van der Waals surface area contributed by atoms with Gasteiger partial charge in [-0.25, -0.2) is 0 Å². The molecule has 1 saturated heterocycles. The van der Waals surface area contributed by atoms with Crippen LogP contribution in [0.5, 0.6) is 0 Å². The van der Waals surface area contributed by atoms with Crippen LogP contribution in [0.4, 0.5) is 0 Å². The van der Waals surface area contributed by atoms with Gasteiger partial charge in [0.25, 0.3) is 0 Å². The van der Waals surface area contributed by atoms with E-state index < -0.39 is 0 Å². The van der Waals surface area contributed by atoms with Crippen molar-refractivity contribution in [3.05, 3.63) is 0 Å². The van der Waals surface area contributed by atoms with Crippen LogP contribution >= 0.6 is 0 Å². The van der Waals surface area contributed by atoms with Crippen LogP contribution in [0, 0.1) is 5.92 Å². The van der Waals surface area contributed by atoms with E-state index in [1.807, 2.05) is 0 Å². The molecule has 1 saturated carbocycles. The van der Waals surface area contributed by atoms with E-state index in [0.29, 0.717) is 6.04 Å². The average molecular weight is 252 g/mol. The zero-order chi connectivity index (χ0) is 13.2. The van der Waals surface area contributed by atoms with E-state index in [1.54, 1.807) is 0 Å². The lowest BCUT2D eigenvalue weighted by molar-refractivity contribution is 0.137. The highest BCUT2D eigenvalue weighted by Crippen LogP contribution is 2.36. The van der Waals surface area contributed by atoms with Gasteiger partial charge in [-0.05, 0) is 65.8 Å². The Morgan fingerprint density at radius 1 is 1.11 bits per heavy atom. The molecule has 2 heteroatoms. The lowest BCUT2D eigenvalue weighted by Gasteiger charge is -2.36. The molecule has 0 spiro atoms. The van der Waals surface area contributed by atoms with E-state index in [9.17, 15) is 0 Å². The minimum Gasteiger partial charge on any atom is -0.311 e. The Bertz CT molecular complexity index is 250.